The highest BCUT2D eigenvalue weighted by atomic mass is 35.5. The maximum atomic E-state index is 14.0. The fourth-order valence-electron chi connectivity index (χ4n) is 4.69. The molecule has 3 aromatic carbocycles. The number of ether oxygens (including phenoxy) is 2. The summed E-state index contributed by atoms with van der Waals surface area (Å²) in [4.78, 5) is 32.3. The second-order valence-corrected chi connectivity index (χ2v) is 10.6. The average Bonchev–Trinajstić information content (AvgIpc) is 3.19. The Morgan fingerprint density at radius 3 is 2.61 bits per heavy atom. The van der Waals surface area contributed by atoms with Crippen molar-refractivity contribution in [1.82, 2.24) is 4.57 Å². The van der Waals surface area contributed by atoms with Gasteiger partial charge in [0.05, 0.1) is 28.5 Å². The second kappa shape index (κ2) is 10.6. The van der Waals surface area contributed by atoms with Crippen LogP contribution in [0.15, 0.2) is 81.7 Å². The Hall–Kier alpha value is -3.68. The molecule has 38 heavy (non-hydrogen) atoms. The summed E-state index contributed by atoms with van der Waals surface area (Å²) in [6.45, 7) is 7.64. The topological polar surface area (TPSA) is 69.9 Å². The molecule has 1 aliphatic rings. The molecule has 194 valence electrons. The molecule has 0 spiro atoms. The molecule has 1 aromatic heterocycles. The van der Waals surface area contributed by atoms with E-state index < -0.39 is 12.0 Å². The van der Waals surface area contributed by atoms with E-state index in [9.17, 15) is 9.59 Å². The summed E-state index contributed by atoms with van der Waals surface area (Å²) in [5.41, 5.74) is 1.98. The van der Waals surface area contributed by atoms with Crippen LogP contribution < -0.4 is 19.6 Å². The van der Waals surface area contributed by atoms with Crippen molar-refractivity contribution < 1.29 is 14.3 Å². The molecule has 1 atom stereocenters. The number of esters is 1. The van der Waals surface area contributed by atoms with E-state index in [-0.39, 0.29) is 18.3 Å². The van der Waals surface area contributed by atoms with Gasteiger partial charge in [-0.05, 0) is 62.2 Å². The molecule has 6 nitrogen and oxygen atoms in total. The molecule has 0 fully saturated rings. The lowest BCUT2D eigenvalue weighted by atomic mass is 9.96. The Kier molecular flexibility index (Phi) is 7.23. The molecule has 0 aliphatic carbocycles. The van der Waals surface area contributed by atoms with Crippen LogP contribution in [0, 0.1) is 0 Å². The molecule has 0 saturated heterocycles. The second-order valence-electron chi connectivity index (χ2n) is 9.19. The number of hydrogen-bond donors (Lipinski definition) is 0. The first-order chi connectivity index (χ1) is 18.3. The lowest BCUT2D eigenvalue weighted by Gasteiger charge is -2.25. The first-order valence-electron chi connectivity index (χ1n) is 12.4. The number of rotatable bonds is 6. The van der Waals surface area contributed by atoms with E-state index in [1.165, 1.54) is 11.3 Å². The van der Waals surface area contributed by atoms with Crippen LogP contribution in [0.3, 0.4) is 0 Å². The van der Waals surface area contributed by atoms with Gasteiger partial charge in [0, 0.05) is 10.6 Å². The van der Waals surface area contributed by atoms with Crippen molar-refractivity contribution in [3.8, 4) is 5.75 Å². The molecule has 0 bridgehead atoms. The van der Waals surface area contributed by atoms with Crippen molar-refractivity contribution in [2.24, 2.45) is 4.99 Å². The quantitative estimate of drug-likeness (QED) is 0.304. The van der Waals surface area contributed by atoms with E-state index in [1.54, 1.807) is 24.5 Å². The van der Waals surface area contributed by atoms with Gasteiger partial charge in [-0.1, -0.05) is 71.5 Å². The lowest BCUT2D eigenvalue weighted by Crippen LogP contribution is -2.40. The summed E-state index contributed by atoms with van der Waals surface area (Å²) in [6, 6.07) is 18.4. The Morgan fingerprint density at radius 2 is 1.87 bits per heavy atom. The number of allylic oxidation sites excluding steroid dienone is 1. The molecular formula is C30H27ClN2O4S. The zero-order valence-electron chi connectivity index (χ0n) is 21.5. The van der Waals surface area contributed by atoms with Gasteiger partial charge >= 0.3 is 5.97 Å². The van der Waals surface area contributed by atoms with E-state index in [1.807, 2.05) is 74.5 Å². The first kappa shape index (κ1) is 25.9. The van der Waals surface area contributed by atoms with Crippen molar-refractivity contribution in [3.63, 3.8) is 0 Å². The van der Waals surface area contributed by atoms with Crippen molar-refractivity contribution >= 4 is 45.8 Å². The summed E-state index contributed by atoms with van der Waals surface area (Å²) in [5, 5.41) is 2.46. The molecule has 0 amide bonds. The standard InChI is InChI=1S/C30H27ClN2O4S/c1-5-36-29(35)26-18(4)32-30-33(27(26)21-12-8-9-13-23(21)31)28(34)25(38-30)16-22-20-11-7-6-10-19(20)14-15-24(22)37-17(2)3/h6-17,27H,5H2,1-4H3/b25-16-/t27-/m0/s1. The van der Waals surface area contributed by atoms with Crippen LogP contribution in [0.2, 0.25) is 5.02 Å². The Labute approximate surface area is 229 Å². The van der Waals surface area contributed by atoms with Crippen LogP contribution in [-0.2, 0) is 9.53 Å². The zero-order chi connectivity index (χ0) is 27.0. The van der Waals surface area contributed by atoms with Crippen LogP contribution in [0.5, 0.6) is 5.75 Å². The lowest BCUT2D eigenvalue weighted by molar-refractivity contribution is -0.139. The highest BCUT2D eigenvalue weighted by Gasteiger charge is 2.34. The summed E-state index contributed by atoms with van der Waals surface area (Å²) >= 11 is 7.87. The normalized spacial score (nSPS) is 15.5. The van der Waals surface area contributed by atoms with Gasteiger partial charge < -0.3 is 9.47 Å². The van der Waals surface area contributed by atoms with Crippen LogP contribution in [0.1, 0.15) is 44.9 Å². The number of carbonyl (C=O) groups excluding carboxylic acids is 1. The molecule has 2 heterocycles. The van der Waals surface area contributed by atoms with Crippen molar-refractivity contribution in [2.45, 2.75) is 39.8 Å². The minimum Gasteiger partial charge on any atom is -0.490 e. The highest BCUT2D eigenvalue weighted by Crippen LogP contribution is 2.35. The van der Waals surface area contributed by atoms with Gasteiger partial charge in [0.25, 0.3) is 5.56 Å². The molecule has 8 heteroatoms. The number of carbonyl (C=O) groups is 1. The van der Waals surface area contributed by atoms with E-state index in [4.69, 9.17) is 21.1 Å². The van der Waals surface area contributed by atoms with Crippen molar-refractivity contribution in [3.05, 3.63) is 108 Å². The van der Waals surface area contributed by atoms with E-state index in [0.29, 0.717) is 36.9 Å². The average molecular weight is 547 g/mol. The number of thiazole rings is 1. The summed E-state index contributed by atoms with van der Waals surface area (Å²) in [5.74, 6) is 0.171. The minimum atomic E-state index is -0.764. The molecule has 5 rings (SSSR count). The Balaban J connectivity index is 1.79. The third-order valence-corrected chi connectivity index (χ3v) is 7.61. The van der Waals surface area contributed by atoms with Gasteiger partial charge in [-0.15, -0.1) is 0 Å². The number of benzene rings is 3. The van der Waals surface area contributed by atoms with Gasteiger partial charge in [0.2, 0.25) is 0 Å². The molecule has 4 aromatic rings. The van der Waals surface area contributed by atoms with E-state index in [0.717, 1.165) is 16.3 Å². The summed E-state index contributed by atoms with van der Waals surface area (Å²) in [7, 11) is 0. The van der Waals surface area contributed by atoms with Crippen molar-refractivity contribution in [2.75, 3.05) is 6.61 Å². The fourth-order valence-corrected chi connectivity index (χ4v) is 5.96. The van der Waals surface area contributed by atoms with Gasteiger partial charge in [0.1, 0.15) is 11.8 Å². The Morgan fingerprint density at radius 1 is 1.13 bits per heavy atom. The van der Waals surface area contributed by atoms with Crippen LogP contribution in [0.25, 0.3) is 16.8 Å². The first-order valence-corrected chi connectivity index (χ1v) is 13.6. The van der Waals surface area contributed by atoms with Gasteiger partial charge in [-0.2, -0.15) is 0 Å². The third-order valence-electron chi connectivity index (χ3n) is 6.29. The van der Waals surface area contributed by atoms with E-state index in [2.05, 4.69) is 4.99 Å². The molecular weight excluding hydrogens is 520 g/mol. The predicted octanol–water partition coefficient (Wildman–Crippen LogP) is 5.39. The molecule has 0 radical (unpaired) electrons. The number of nitrogens with zero attached hydrogens (tertiary/aromatic N) is 2. The van der Waals surface area contributed by atoms with Crippen LogP contribution >= 0.6 is 22.9 Å². The van der Waals surface area contributed by atoms with Gasteiger partial charge in [-0.3, -0.25) is 9.36 Å². The molecule has 0 unspecified atom stereocenters. The van der Waals surface area contributed by atoms with E-state index >= 15 is 0 Å². The van der Waals surface area contributed by atoms with Crippen LogP contribution in [-0.4, -0.2) is 23.2 Å². The maximum Gasteiger partial charge on any atom is 0.338 e. The zero-order valence-corrected chi connectivity index (χ0v) is 23.1. The van der Waals surface area contributed by atoms with Gasteiger partial charge in [0.15, 0.2) is 4.80 Å². The Bertz CT molecular complexity index is 1770. The smallest absolute Gasteiger partial charge is 0.338 e. The SMILES string of the molecule is CCOC(=O)C1=C(C)N=c2s/c(=C\c3c(OC(C)C)ccc4ccccc34)c(=O)n2[C@H]1c1ccccc1Cl. The molecule has 0 saturated carbocycles. The highest BCUT2D eigenvalue weighted by molar-refractivity contribution is 7.07. The molecule has 1 aliphatic heterocycles. The van der Waals surface area contributed by atoms with Crippen molar-refractivity contribution in [1.29, 1.82) is 0 Å². The predicted molar refractivity (Wildman–Crippen MR) is 152 cm³/mol. The summed E-state index contributed by atoms with van der Waals surface area (Å²) < 4.78 is 13.5. The molecule has 0 N–H and O–H groups in total. The monoisotopic (exact) mass is 546 g/mol. The van der Waals surface area contributed by atoms with Crippen LogP contribution in [0.4, 0.5) is 0 Å². The number of aromatic nitrogens is 1. The summed E-state index contributed by atoms with van der Waals surface area (Å²) in [6.07, 6.45) is 1.82. The number of halogens is 1. The third kappa shape index (κ3) is 4.68. The minimum absolute atomic E-state index is 0.0421. The van der Waals surface area contributed by atoms with Gasteiger partial charge in [-0.25, -0.2) is 9.79 Å². The fraction of sp³-hybridized carbons (Fsp3) is 0.233. The number of hydrogen-bond acceptors (Lipinski definition) is 6. The largest absolute Gasteiger partial charge is 0.490 e. The number of fused-ring (bicyclic) bond motifs is 2. The maximum absolute atomic E-state index is 14.0.